The van der Waals surface area contributed by atoms with Gasteiger partial charge in [0.2, 0.25) is 5.91 Å². The van der Waals surface area contributed by atoms with Gasteiger partial charge in [0, 0.05) is 12.5 Å². The quantitative estimate of drug-likeness (QED) is 0.902. The largest absolute Gasteiger partial charge is 0.322 e. The highest BCUT2D eigenvalue weighted by Crippen LogP contribution is 2.24. The molecule has 1 saturated heterocycles. The highest BCUT2D eigenvalue weighted by molar-refractivity contribution is 5.92. The predicted molar refractivity (Wildman–Crippen MR) is 89.3 cm³/mol. The van der Waals surface area contributed by atoms with E-state index in [4.69, 9.17) is 0 Å². The molecule has 0 aliphatic carbocycles. The number of likely N-dealkylation sites (tertiary alicyclic amines) is 1. The zero-order chi connectivity index (χ0) is 17.1. The van der Waals surface area contributed by atoms with Crippen molar-refractivity contribution in [1.29, 1.82) is 0 Å². The minimum absolute atomic E-state index is 0.202. The van der Waals surface area contributed by atoms with Gasteiger partial charge in [-0.3, -0.25) is 14.8 Å². The van der Waals surface area contributed by atoms with Gasteiger partial charge in [-0.05, 0) is 50.9 Å². The molecule has 1 unspecified atom stereocenters. The topological polar surface area (TPSA) is 73.9 Å². The van der Waals surface area contributed by atoms with Crippen molar-refractivity contribution >= 4 is 11.6 Å². The van der Waals surface area contributed by atoms with E-state index in [1.807, 2.05) is 13.8 Å². The molecule has 2 heterocycles. The van der Waals surface area contributed by atoms with Gasteiger partial charge in [-0.1, -0.05) is 6.07 Å². The van der Waals surface area contributed by atoms with Crippen molar-refractivity contribution in [2.24, 2.45) is 0 Å². The number of carbonyl (C=O) groups is 1. The van der Waals surface area contributed by atoms with E-state index in [0.29, 0.717) is 0 Å². The summed E-state index contributed by atoms with van der Waals surface area (Å²) in [6.07, 6.45) is 2.01. The Kier molecular flexibility index (Phi) is 4.89. The molecular formula is C17H22FN5O. The van der Waals surface area contributed by atoms with Crippen LogP contribution in [0.3, 0.4) is 0 Å². The first kappa shape index (κ1) is 16.6. The van der Waals surface area contributed by atoms with E-state index in [2.05, 4.69) is 25.4 Å². The zero-order valence-corrected chi connectivity index (χ0v) is 14.0. The summed E-state index contributed by atoms with van der Waals surface area (Å²) in [6.45, 7) is 5.57. The molecule has 7 heteroatoms. The van der Waals surface area contributed by atoms with Gasteiger partial charge in [0.25, 0.3) is 0 Å². The molecule has 24 heavy (non-hydrogen) atoms. The first-order valence-electron chi connectivity index (χ1n) is 8.18. The first-order chi connectivity index (χ1) is 11.5. The molecule has 0 spiro atoms. The summed E-state index contributed by atoms with van der Waals surface area (Å²) in [5.41, 5.74) is 1.14. The summed E-state index contributed by atoms with van der Waals surface area (Å²) in [7, 11) is 0. The Bertz CT molecular complexity index is 730. The Hall–Kier alpha value is -2.28. The predicted octanol–water partition coefficient (Wildman–Crippen LogP) is 2.38. The molecule has 128 valence electrons. The first-order valence-corrected chi connectivity index (χ1v) is 8.18. The standard InChI is InChI=1S/C17H22FN5O/c1-11-5-6-14(18)15(8-11)20-16(24)10-23-7-3-4-13(9-23)17-19-12(2)21-22-17/h5-6,8,13H,3-4,7,9-10H2,1-2H3,(H,20,24)(H,19,21,22). The van der Waals surface area contributed by atoms with Crippen LogP contribution in [0.15, 0.2) is 18.2 Å². The Morgan fingerprint density at radius 2 is 2.29 bits per heavy atom. The lowest BCUT2D eigenvalue weighted by Gasteiger charge is -2.30. The van der Waals surface area contributed by atoms with E-state index >= 15 is 0 Å². The number of nitrogens with one attached hydrogen (secondary N) is 2. The number of piperidine rings is 1. The Morgan fingerprint density at radius 3 is 3.04 bits per heavy atom. The van der Waals surface area contributed by atoms with Gasteiger partial charge >= 0.3 is 0 Å². The molecule has 1 aromatic heterocycles. The number of rotatable bonds is 4. The number of H-pyrrole nitrogens is 1. The van der Waals surface area contributed by atoms with E-state index in [0.717, 1.165) is 43.1 Å². The number of aryl methyl sites for hydroxylation is 2. The maximum absolute atomic E-state index is 13.7. The third-order valence-corrected chi connectivity index (χ3v) is 4.25. The van der Waals surface area contributed by atoms with Gasteiger partial charge in [0.15, 0.2) is 5.82 Å². The van der Waals surface area contributed by atoms with Gasteiger partial charge in [0.1, 0.15) is 11.6 Å². The number of anilines is 1. The van der Waals surface area contributed by atoms with Crippen LogP contribution in [-0.4, -0.2) is 45.6 Å². The molecular weight excluding hydrogens is 309 g/mol. The van der Waals surface area contributed by atoms with Crippen molar-refractivity contribution in [3.8, 4) is 0 Å². The minimum Gasteiger partial charge on any atom is -0.322 e. The van der Waals surface area contributed by atoms with Crippen LogP contribution in [0.5, 0.6) is 0 Å². The zero-order valence-electron chi connectivity index (χ0n) is 14.0. The average Bonchev–Trinajstić information content (AvgIpc) is 2.98. The third-order valence-electron chi connectivity index (χ3n) is 4.25. The highest BCUT2D eigenvalue weighted by atomic mass is 19.1. The molecule has 0 radical (unpaired) electrons. The molecule has 1 aliphatic rings. The monoisotopic (exact) mass is 331 g/mol. The number of amides is 1. The van der Waals surface area contributed by atoms with Crippen molar-refractivity contribution in [2.45, 2.75) is 32.6 Å². The van der Waals surface area contributed by atoms with Crippen LogP contribution in [0, 0.1) is 19.7 Å². The van der Waals surface area contributed by atoms with Crippen molar-refractivity contribution in [2.75, 3.05) is 25.0 Å². The normalized spacial score (nSPS) is 18.5. The second-order valence-corrected chi connectivity index (χ2v) is 6.38. The minimum atomic E-state index is -0.415. The van der Waals surface area contributed by atoms with Crippen LogP contribution in [0.4, 0.5) is 10.1 Å². The van der Waals surface area contributed by atoms with Gasteiger partial charge in [-0.2, -0.15) is 5.10 Å². The van der Waals surface area contributed by atoms with E-state index in [1.165, 1.54) is 6.07 Å². The van der Waals surface area contributed by atoms with Crippen molar-refractivity contribution in [3.05, 3.63) is 41.2 Å². The van der Waals surface area contributed by atoms with Crippen molar-refractivity contribution in [1.82, 2.24) is 20.1 Å². The Balaban J connectivity index is 1.59. The number of carbonyl (C=O) groups excluding carboxylic acids is 1. The lowest BCUT2D eigenvalue weighted by atomic mass is 9.97. The van der Waals surface area contributed by atoms with Crippen LogP contribution in [0.1, 0.15) is 36.0 Å². The number of hydrogen-bond donors (Lipinski definition) is 2. The third kappa shape index (κ3) is 3.97. The smallest absolute Gasteiger partial charge is 0.238 e. The van der Waals surface area contributed by atoms with Crippen LogP contribution in [0.2, 0.25) is 0 Å². The average molecular weight is 331 g/mol. The van der Waals surface area contributed by atoms with Gasteiger partial charge in [0.05, 0.1) is 12.2 Å². The second-order valence-electron chi connectivity index (χ2n) is 6.38. The van der Waals surface area contributed by atoms with Crippen LogP contribution < -0.4 is 5.32 Å². The fourth-order valence-corrected chi connectivity index (χ4v) is 3.08. The number of aromatic nitrogens is 3. The van der Waals surface area contributed by atoms with E-state index in [9.17, 15) is 9.18 Å². The van der Waals surface area contributed by atoms with Crippen LogP contribution in [-0.2, 0) is 4.79 Å². The molecule has 1 amide bonds. The molecule has 1 aliphatic heterocycles. The van der Waals surface area contributed by atoms with E-state index < -0.39 is 5.82 Å². The van der Waals surface area contributed by atoms with Gasteiger partial charge < -0.3 is 5.32 Å². The van der Waals surface area contributed by atoms with Crippen molar-refractivity contribution < 1.29 is 9.18 Å². The second kappa shape index (κ2) is 7.09. The Labute approximate surface area is 140 Å². The molecule has 3 rings (SSSR count). The number of halogens is 1. The SMILES string of the molecule is Cc1ccc(F)c(NC(=O)CN2CCCC(c3n[nH]c(C)n3)C2)c1. The molecule has 1 atom stereocenters. The van der Waals surface area contributed by atoms with Crippen molar-refractivity contribution in [3.63, 3.8) is 0 Å². The summed E-state index contributed by atoms with van der Waals surface area (Å²) < 4.78 is 13.7. The van der Waals surface area contributed by atoms with E-state index in [1.54, 1.807) is 12.1 Å². The molecule has 2 N–H and O–H groups in total. The lowest BCUT2D eigenvalue weighted by molar-refractivity contribution is -0.117. The lowest BCUT2D eigenvalue weighted by Crippen LogP contribution is -2.40. The van der Waals surface area contributed by atoms with Gasteiger partial charge in [-0.15, -0.1) is 0 Å². The summed E-state index contributed by atoms with van der Waals surface area (Å²) in [4.78, 5) is 18.7. The fourth-order valence-electron chi connectivity index (χ4n) is 3.08. The summed E-state index contributed by atoms with van der Waals surface area (Å²) in [5, 5.41) is 9.76. The molecule has 1 aromatic carbocycles. The maximum Gasteiger partial charge on any atom is 0.238 e. The molecule has 0 bridgehead atoms. The number of aromatic amines is 1. The molecule has 2 aromatic rings. The Morgan fingerprint density at radius 1 is 1.46 bits per heavy atom. The summed E-state index contributed by atoms with van der Waals surface area (Å²) in [5.74, 6) is 1.22. The van der Waals surface area contributed by atoms with E-state index in [-0.39, 0.29) is 24.1 Å². The van der Waals surface area contributed by atoms with Crippen LogP contribution in [0.25, 0.3) is 0 Å². The molecule has 1 fully saturated rings. The number of benzene rings is 1. The summed E-state index contributed by atoms with van der Waals surface area (Å²) in [6, 6.07) is 4.69. The van der Waals surface area contributed by atoms with Crippen LogP contribution >= 0.6 is 0 Å². The number of hydrogen-bond acceptors (Lipinski definition) is 4. The molecule has 0 saturated carbocycles. The molecule has 6 nitrogen and oxygen atoms in total. The fraction of sp³-hybridized carbons (Fsp3) is 0.471. The maximum atomic E-state index is 13.7. The number of nitrogens with zero attached hydrogens (tertiary/aromatic N) is 3. The van der Waals surface area contributed by atoms with Gasteiger partial charge in [-0.25, -0.2) is 9.37 Å². The highest BCUT2D eigenvalue weighted by Gasteiger charge is 2.25. The summed E-state index contributed by atoms with van der Waals surface area (Å²) >= 11 is 0.